The van der Waals surface area contributed by atoms with Crippen LogP contribution in [0, 0.1) is 0 Å². The summed E-state index contributed by atoms with van der Waals surface area (Å²) >= 11 is 8.71. The molecular weight excluding hydrogens is 835 g/mol. The third kappa shape index (κ3) is 41.4. The number of nitrogens with zero attached hydrogens (tertiary/aromatic N) is 3. The van der Waals surface area contributed by atoms with Crippen LogP contribution in [-0.4, -0.2) is 108 Å². The molecule has 0 aliphatic heterocycles. The van der Waals surface area contributed by atoms with Crippen LogP contribution in [0.15, 0.2) is 27.2 Å². The van der Waals surface area contributed by atoms with Crippen molar-refractivity contribution in [2.75, 3.05) is 26.4 Å². The number of carbonyl (C=O) groups is 5. The Morgan fingerprint density at radius 3 is 1.60 bits per heavy atom. The van der Waals surface area contributed by atoms with Crippen LogP contribution in [0.5, 0.6) is 0 Å². The third-order valence-electron chi connectivity index (χ3n) is 4.54. The number of esters is 4. The maximum absolute atomic E-state index is 10.5. The van der Waals surface area contributed by atoms with Gasteiger partial charge in [-0.1, -0.05) is 12.2 Å². The number of Topliss-reactive ketones (excluding diaryl/α,β-unsaturated/α-hetero) is 1. The average Bonchev–Trinajstić information content (AvgIpc) is 3.82. The van der Waals surface area contributed by atoms with E-state index in [4.69, 9.17) is 19.7 Å². The van der Waals surface area contributed by atoms with Gasteiger partial charge in [0.05, 0.1) is 34.5 Å². The van der Waals surface area contributed by atoms with E-state index in [2.05, 4.69) is 49.9 Å². The van der Waals surface area contributed by atoms with Crippen molar-refractivity contribution < 1.29 is 48.4 Å². The maximum Gasteiger partial charge on any atom is 0.0794 e. The van der Waals surface area contributed by atoms with E-state index < -0.39 is 11.9 Å². The average molecular weight is 884 g/mol. The van der Waals surface area contributed by atoms with Crippen molar-refractivity contribution in [2.24, 2.45) is 5.73 Å². The molecule has 0 aromatic carbocycles. The van der Waals surface area contributed by atoms with Gasteiger partial charge >= 0.3 is 123 Å². The van der Waals surface area contributed by atoms with Crippen molar-refractivity contribution in [1.29, 1.82) is 0 Å². The molecule has 0 spiro atoms. The number of nitrogens with two attached hydrogens (primary N) is 1. The van der Waals surface area contributed by atoms with Gasteiger partial charge in [0.15, 0.2) is 0 Å². The van der Waals surface area contributed by atoms with Crippen molar-refractivity contribution in [3.8, 4) is 0 Å². The Balaban J connectivity index is -0.000000563. The summed E-state index contributed by atoms with van der Waals surface area (Å²) in [5.74, 6) is -1.54. The molecule has 4 N–H and O–H groups in total. The molecule has 14 nitrogen and oxygen atoms in total. The Bertz CT molecular complexity index is 1280. The minimum atomic E-state index is -0.562. The van der Waals surface area contributed by atoms with Crippen molar-refractivity contribution in [1.82, 2.24) is 15.0 Å². The molecule has 0 unspecified atom stereocenters. The summed E-state index contributed by atoms with van der Waals surface area (Å²) in [5, 5.41) is 23.6. The molecule has 50 heavy (non-hydrogen) atoms. The molecule has 3 aromatic heterocycles. The van der Waals surface area contributed by atoms with Gasteiger partial charge in [-0.25, -0.2) is 9.97 Å². The molecule has 3 rings (SSSR count). The van der Waals surface area contributed by atoms with Crippen LogP contribution in [0.1, 0.15) is 70.1 Å². The normalized spacial score (nSPS) is 9.04. The number of thiocarbonyl (C=S) groups is 1. The van der Waals surface area contributed by atoms with E-state index >= 15 is 0 Å². The van der Waals surface area contributed by atoms with Gasteiger partial charge in [-0.2, -0.15) is 0 Å². The molecular formula is C31H48N4O10S4Sn. The number of aliphatic hydroxyl groups is 2. The monoisotopic (exact) mass is 884 g/mol. The molecule has 0 saturated heterocycles. The second-order valence-corrected chi connectivity index (χ2v) is 16.1. The molecule has 0 aliphatic carbocycles. The number of hydrogen-bond donors (Lipinski definition) is 3. The summed E-state index contributed by atoms with van der Waals surface area (Å²) in [6.07, 6.45) is 2.43. The van der Waals surface area contributed by atoms with Gasteiger partial charge in [-0.15, -0.1) is 22.7 Å². The Morgan fingerprint density at radius 2 is 1.28 bits per heavy atom. The summed E-state index contributed by atoms with van der Waals surface area (Å²) in [6, 6.07) is 0. The van der Waals surface area contributed by atoms with Crippen molar-refractivity contribution >= 4 is 103 Å². The Labute approximate surface area is 321 Å². The fourth-order valence-electron chi connectivity index (χ4n) is 2.57. The van der Waals surface area contributed by atoms with Gasteiger partial charge in [0.2, 0.25) is 0 Å². The van der Waals surface area contributed by atoms with Crippen LogP contribution < -0.4 is 5.73 Å². The zero-order valence-corrected chi connectivity index (χ0v) is 35.4. The quantitative estimate of drug-likeness (QED) is 0.0732. The summed E-state index contributed by atoms with van der Waals surface area (Å²) < 4.78 is 16.2. The molecule has 2 radical (unpaired) electrons. The second-order valence-electron chi connectivity index (χ2n) is 9.02. The molecule has 0 aliphatic rings. The Hall–Kier alpha value is -2.75. The molecule has 0 fully saturated rings. The first-order valence-electron chi connectivity index (χ1n) is 15.0. The molecule has 3 aromatic rings. The van der Waals surface area contributed by atoms with E-state index in [1.807, 2.05) is 10.8 Å². The molecule has 0 saturated carbocycles. The van der Waals surface area contributed by atoms with Crippen LogP contribution in [0.4, 0.5) is 0 Å². The first-order chi connectivity index (χ1) is 23.7. The molecule has 19 heteroatoms. The minimum Gasteiger partial charge on any atom is -0.396 e. The second kappa shape index (κ2) is 37.5. The number of rotatable bonds is 13. The van der Waals surface area contributed by atoms with Crippen molar-refractivity contribution in [2.45, 2.75) is 76.1 Å². The topological polar surface area (TPSA) is 218 Å². The first kappa shape index (κ1) is 51.6. The summed E-state index contributed by atoms with van der Waals surface area (Å²) in [7, 11) is 0. The smallest absolute Gasteiger partial charge is 0.0794 e. The molecule has 280 valence electrons. The van der Waals surface area contributed by atoms with Crippen molar-refractivity contribution in [3.05, 3.63) is 49.3 Å². The number of aromatic nitrogens is 3. The van der Waals surface area contributed by atoms with E-state index in [9.17, 15) is 24.0 Å². The van der Waals surface area contributed by atoms with Gasteiger partial charge < -0.3 is 25.4 Å². The van der Waals surface area contributed by atoms with Gasteiger partial charge in [-0.05, 0) is 6.92 Å². The largest absolute Gasteiger partial charge is 0.396 e. The van der Waals surface area contributed by atoms with Gasteiger partial charge in [0, 0.05) is 64.0 Å². The standard InChI is InChI=1S/C8H10NO2S.C7H9NO2S.C5H7NOS.C4H6O3.C4H8O2.C2H5.CH3NS.Sn/c1-6-9-8(5-12-6)3-4-11-7(2)10;1-6(9)10-3-2-7-4-11-5-8-7;7-2-1-5-3-8-4-6-5;1-3(5)7-4(2)6;1-4(6)2-3-5;1-2;2-1-3;/h5H,1,3-4H2,2H3;4-5H,2-3H2,1H3;3-4,7H,1-2H2;1-2H3;5H,2-3H2,1H3;1H2,2H3;1H,(H2,2,3);. The van der Waals surface area contributed by atoms with E-state index in [1.54, 1.807) is 45.0 Å². The van der Waals surface area contributed by atoms with Crippen molar-refractivity contribution in [3.63, 3.8) is 0 Å². The molecule has 3 heterocycles. The summed E-state index contributed by atoms with van der Waals surface area (Å²) in [5.41, 5.74) is 12.2. The number of aliphatic hydroxyl groups excluding tert-OH is 2. The third-order valence-corrected chi connectivity index (χ3v) is 10.5. The Kier molecular flexibility index (Phi) is 38.7. The first-order valence-corrected chi connectivity index (χ1v) is 22.2. The van der Waals surface area contributed by atoms with E-state index in [0.717, 1.165) is 29.0 Å². The number of ketones is 1. The number of hydrogen-bond acceptors (Lipinski definition) is 17. The predicted molar refractivity (Wildman–Crippen MR) is 200 cm³/mol. The molecule has 0 bridgehead atoms. The van der Waals surface area contributed by atoms with Crippen LogP contribution in [0.25, 0.3) is 0 Å². The van der Waals surface area contributed by atoms with E-state index in [1.165, 1.54) is 48.5 Å². The number of thiazole rings is 3. The van der Waals surface area contributed by atoms with Gasteiger partial charge in [0.1, 0.15) is 5.78 Å². The molecule has 0 amide bonds. The zero-order chi connectivity index (χ0) is 38.6. The van der Waals surface area contributed by atoms with Gasteiger partial charge in [-0.3, -0.25) is 19.2 Å². The van der Waals surface area contributed by atoms with Crippen LogP contribution in [0.3, 0.4) is 0 Å². The minimum absolute atomic E-state index is 0.0185. The fourth-order valence-corrected chi connectivity index (χ4v) is 7.40. The summed E-state index contributed by atoms with van der Waals surface area (Å²) in [6.45, 7) is 9.96. The SMILES string of the molecule is CC(=O)CCO.CC(=O)OC(C)=O.CC(=O)OCCc1cscn1.C[CH2][Sn][CH2]c1nc(CCOC(C)=O)cs1.NC=S.OCCc1cscn1. The predicted octanol–water partition coefficient (Wildman–Crippen LogP) is 3.77. The zero-order valence-electron chi connectivity index (χ0n) is 29.2. The fraction of sp³-hybridized carbons (Fsp3) is 0.516. The van der Waals surface area contributed by atoms with E-state index in [-0.39, 0.29) is 52.1 Å². The van der Waals surface area contributed by atoms with Crippen LogP contribution >= 0.6 is 46.2 Å². The number of ether oxygens (including phenoxy) is 3. The Morgan fingerprint density at radius 1 is 0.800 bits per heavy atom. The maximum atomic E-state index is 10.5. The van der Waals surface area contributed by atoms with E-state index in [0.29, 0.717) is 32.5 Å². The van der Waals surface area contributed by atoms with Crippen LogP contribution in [0.2, 0.25) is 4.44 Å². The molecule has 0 atom stereocenters. The summed E-state index contributed by atoms with van der Waals surface area (Å²) in [4.78, 5) is 62.9. The van der Waals surface area contributed by atoms with Gasteiger partial charge in [0.25, 0.3) is 0 Å². The van der Waals surface area contributed by atoms with Crippen LogP contribution in [-0.2, 0) is 61.9 Å². The number of carbonyl (C=O) groups excluding carboxylic acids is 5.